The molecule has 0 amide bonds. The van der Waals surface area contributed by atoms with Crippen molar-refractivity contribution in [2.75, 3.05) is 0 Å². The maximum Gasteiger partial charge on any atom is 0.177 e. The summed E-state index contributed by atoms with van der Waals surface area (Å²) >= 11 is 0. The minimum atomic E-state index is -1.67. The fourth-order valence-electron chi connectivity index (χ4n) is 2.24. The second-order valence-electron chi connectivity index (χ2n) is 4.89. The monoisotopic (exact) mass is 282 g/mol. The Labute approximate surface area is 124 Å². The largest absolute Gasteiger partial charge is 0.308 e. The lowest BCUT2D eigenvalue weighted by Crippen LogP contribution is -2.53. The van der Waals surface area contributed by atoms with Crippen molar-refractivity contribution in [2.24, 2.45) is 5.73 Å². The van der Waals surface area contributed by atoms with Gasteiger partial charge >= 0.3 is 0 Å². The van der Waals surface area contributed by atoms with Crippen molar-refractivity contribution in [3.8, 4) is 0 Å². The van der Waals surface area contributed by atoms with Crippen LogP contribution in [0.2, 0.25) is 0 Å². The third-order valence-corrected chi connectivity index (χ3v) is 3.48. The van der Waals surface area contributed by atoms with E-state index in [1.807, 2.05) is 30.3 Å². The molecular formula is C17H18N2O2. The average Bonchev–Trinajstić information content (AvgIpc) is 2.55. The van der Waals surface area contributed by atoms with E-state index in [2.05, 4.69) is 4.98 Å². The normalized spacial score (nSPS) is 13.4. The fraction of sp³-hybridized carbons (Fsp3) is 0.235. The van der Waals surface area contributed by atoms with Gasteiger partial charge in [0.2, 0.25) is 0 Å². The van der Waals surface area contributed by atoms with Crippen LogP contribution in [0.1, 0.15) is 24.6 Å². The maximum atomic E-state index is 12.6. The highest BCUT2D eigenvalue weighted by atomic mass is 16.2. The summed E-state index contributed by atoms with van der Waals surface area (Å²) in [6.45, 7) is 1.70. The Hall–Kier alpha value is -2.33. The molecule has 0 aliphatic carbocycles. The second kappa shape index (κ2) is 6.41. The van der Waals surface area contributed by atoms with E-state index in [1.54, 1.807) is 25.1 Å². The third kappa shape index (κ3) is 3.06. The zero-order valence-corrected chi connectivity index (χ0v) is 12.0. The Bertz CT molecular complexity index is 626. The molecule has 2 rings (SSSR count). The third-order valence-electron chi connectivity index (χ3n) is 3.48. The molecule has 4 nitrogen and oxygen atoms in total. The first-order chi connectivity index (χ1) is 10.1. The first-order valence-corrected chi connectivity index (χ1v) is 6.90. The number of carbonyl (C=O) groups is 2. The maximum absolute atomic E-state index is 12.6. The zero-order chi connectivity index (χ0) is 15.3. The SMILES string of the molecule is CCC(=O)[C@](N)(C(=O)Cc1ccccc1)c1ccccn1. The van der Waals surface area contributed by atoms with Gasteiger partial charge in [-0.25, -0.2) is 0 Å². The number of benzene rings is 1. The Morgan fingerprint density at radius 1 is 1.05 bits per heavy atom. The first kappa shape index (κ1) is 15.1. The van der Waals surface area contributed by atoms with E-state index >= 15 is 0 Å². The van der Waals surface area contributed by atoms with Crippen LogP contribution >= 0.6 is 0 Å². The van der Waals surface area contributed by atoms with Crippen LogP contribution in [0.3, 0.4) is 0 Å². The highest BCUT2D eigenvalue weighted by molar-refractivity contribution is 6.12. The number of aromatic nitrogens is 1. The van der Waals surface area contributed by atoms with Crippen molar-refractivity contribution >= 4 is 11.6 Å². The summed E-state index contributed by atoms with van der Waals surface area (Å²) in [6.07, 6.45) is 1.84. The van der Waals surface area contributed by atoms with E-state index in [9.17, 15) is 9.59 Å². The van der Waals surface area contributed by atoms with Crippen molar-refractivity contribution in [3.63, 3.8) is 0 Å². The highest BCUT2D eigenvalue weighted by Gasteiger charge is 2.42. The molecule has 1 heterocycles. The molecule has 0 radical (unpaired) electrons. The van der Waals surface area contributed by atoms with E-state index in [1.165, 1.54) is 6.20 Å². The van der Waals surface area contributed by atoms with Gasteiger partial charge in [-0.05, 0) is 17.7 Å². The molecule has 4 heteroatoms. The lowest BCUT2D eigenvalue weighted by Gasteiger charge is -2.25. The molecule has 1 atom stereocenters. The van der Waals surface area contributed by atoms with Crippen LogP contribution in [-0.4, -0.2) is 16.6 Å². The Balaban J connectivity index is 2.37. The molecule has 0 spiro atoms. The topological polar surface area (TPSA) is 73.1 Å². The number of carbonyl (C=O) groups excluding carboxylic acids is 2. The molecule has 1 aromatic carbocycles. The standard InChI is InChI=1S/C17H18N2O2/c1-2-15(20)17(18,14-10-6-7-11-19-14)16(21)12-13-8-4-3-5-9-13/h3-11H,2,12,18H2,1H3/t17-/m0/s1. The number of pyridine rings is 1. The number of nitrogens with two attached hydrogens (primary N) is 1. The van der Waals surface area contributed by atoms with E-state index in [0.717, 1.165) is 5.56 Å². The minimum Gasteiger partial charge on any atom is -0.308 e. The van der Waals surface area contributed by atoms with Gasteiger partial charge in [0.1, 0.15) is 0 Å². The summed E-state index contributed by atoms with van der Waals surface area (Å²) < 4.78 is 0. The lowest BCUT2D eigenvalue weighted by molar-refractivity contribution is -0.134. The molecule has 0 aliphatic rings. The van der Waals surface area contributed by atoms with Crippen molar-refractivity contribution in [2.45, 2.75) is 25.3 Å². The van der Waals surface area contributed by atoms with Crippen LogP contribution in [0, 0.1) is 0 Å². The lowest BCUT2D eigenvalue weighted by atomic mass is 9.82. The van der Waals surface area contributed by atoms with Gasteiger partial charge in [0, 0.05) is 19.0 Å². The number of hydrogen-bond donors (Lipinski definition) is 1. The summed E-state index contributed by atoms with van der Waals surface area (Å²) in [5.74, 6) is -0.651. The molecular weight excluding hydrogens is 264 g/mol. The molecule has 0 fully saturated rings. The predicted molar refractivity (Wildman–Crippen MR) is 80.6 cm³/mol. The smallest absolute Gasteiger partial charge is 0.177 e. The zero-order valence-electron chi connectivity index (χ0n) is 12.0. The van der Waals surface area contributed by atoms with Crippen LogP contribution in [0.5, 0.6) is 0 Å². The van der Waals surface area contributed by atoms with Gasteiger partial charge in [-0.3, -0.25) is 14.6 Å². The Kier molecular flexibility index (Phi) is 4.60. The van der Waals surface area contributed by atoms with Crippen LogP contribution in [-0.2, 0) is 21.5 Å². The molecule has 0 saturated heterocycles. The number of ketones is 2. The molecule has 108 valence electrons. The molecule has 1 aromatic heterocycles. The van der Waals surface area contributed by atoms with Crippen LogP contribution in [0.15, 0.2) is 54.7 Å². The quantitative estimate of drug-likeness (QED) is 0.823. The van der Waals surface area contributed by atoms with Crippen LogP contribution < -0.4 is 5.73 Å². The van der Waals surface area contributed by atoms with Crippen LogP contribution in [0.4, 0.5) is 0 Å². The molecule has 0 bridgehead atoms. The molecule has 0 saturated carbocycles. The van der Waals surface area contributed by atoms with Crippen molar-refractivity contribution < 1.29 is 9.59 Å². The molecule has 0 unspecified atom stereocenters. The Morgan fingerprint density at radius 3 is 2.29 bits per heavy atom. The number of rotatable bonds is 6. The van der Waals surface area contributed by atoms with Gasteiger partial charge in [-0.1, -0.05) is 43.3 Å². The van der Waals surface area contributed by atoms with Gasteiger partial charge in [0.15, 0.2) is 17.1 Å². The van der Waals surface area contributed by atoms with E-state index in [-0.39, 0.29) is 24.4 Å². The van der Waals surface area contributed by atoms with E-state index < -0.39 is 5.54 Å². The number of nitrogens with zero attached hydrogens (tertiary/aromatic N) is 1. The Morgan fingerprint density at radius 2 is 1.71 bits per heavy atom. The van der Waals surface area contributed by atoms with E-state index in [4.69, 9.17) is 5.73 Å². The van der Waals surface area contributed by atoms with Crippen molar-refractivity contribution in [1.82, 2.24) is 4.98 Å². The molecule has 0 aliphatic heterocycles. The van der Waals surface area contributed by atoms with Gasteiger partial charge in [-0.15, -0.1) is 0 Å². The van der Waals surface area contributed by atoms with Gasteiger partial charge in [0.05, 0.1) is 5.69 Å². The summed E-state index contributed by atoms with van der Waals surface area (Å²) in [6, 6.07) is 14.3. The molecule has 21 heavy (non-hydrogen) atoms. The first-order valence-electron chi connectivity index (χ1n) is 6.90. The summed E-state index contributed by atoms with van der Waals surface area (Å²) in [5.41, 5.74) is 5.66. The number of Topliss-reactive ketones (excluding diaryl/α,β-unsaturated/α-hetero) is 2. The van der Waals surface area contributed by atoms with Crippen LogP contribution in [0.25, 0.3) is 0 Å². The summed E-state index contributed by atoms with van der Waals surface area (Å²) in [4.78, 5) is 29.0. The summed E-state index contributed by atoms with van der Waals surface area (Å²) in [7, 11) is 0. The van der Waals surface area contributed by atoms with Crippen molar-refractivity contribution in [3.05, 3.63) is 66.0 Å². The van der Waals surface area contributed by atoms with Gasteiger partial charge in [-0.2, -0.15) is 0 Å². The highest BCUT2D eigenvalue weighted by Crippen LogP contribution is 2.22. The predicted octanol–water partition coefficient (Wildman–Crippen LogP) is 2.03. The molecule has 2 aromatic rings. The minimum absolute atomic E-state index is 0.111. The van der Waals surface area contributed by atoms with Crippen molar-refractivity contribution in [1.29, 1.82) is 0 Å². The van der Waals surface area contributed by atoms with Gasteiger partial charge < -0.3 is 5.73 Å². The molecule has 2 N–H and O–H groups in total. The van der Waals surface area contributed by atoms with Gasteiger partial charge in [0.25, 0.3) is 0 Å². The second-order valence-corrected chi connectivity index (χ2v) is 4.89. The summed E-state index contributed by atoms with van der Waals surface area (Å²) in [5, 5.41) is 0. The average molecular weight is 282 g/mol. The van der Waals surface area contributed by atoms with E-state index in [0.29, 0.717) is 5.69 Å². The number of hydrogen-bond acceptors (Lipinski definition) is 4. The fourth-order valence-corrected chi connectivity index (χ4v) is 2.24.